The first-order chi connectivity index (χ1) is 8.40. The molecule has 3 N–H and O–H groups in total. The third-order valence-electron chi connectivity index (χ3n) is 3.79. The molecule has 1 aliphatic rings. The molecule has 1 amide bonds. The Morgan fingerprint density at radius 3 is 2.67 bits per heavy atom. The summed E-state index contributed by atoms with van der Waals surface area (Å²) in [4.78, 5) is 12.1. The molecule has 18 heavy (non-hydrogen) atoms. The maximum Gasteiger partial charge on any atom is 0.255 e. The van der Waals surface area contributed by atoms with Crippen molar-refractivity contribution in [3.63, 3.8) is 0 Å². The highest BCUT2D eigenvalue weighted by molar-refractivity contribution is 5.97. The number of amides is 1. The number of hydrogen-bond donors (Lipinski definition) is 3. The summed E-state index contributed by atoms with van der Waals surface area (Å²) in [6, 6.07) is 4.14. The fourth-order valence-corrected chi connectivity index (χ4v) is 2.54. The lowest BCUT2D eigenvalue weighted by Gasteiger charge is -2.27. The number of nitrogens with one attached hydrogen (secondary N) is 1. The van der Waals surface area contributed by atoms with Gasteiger partial charge in [0.15, 0.2) is 0 Å². The van der Waals surface area contributed by atoms with Gasteiger partial charge >= 0.3 is 0 Å². The van der Waals surface area contributed by atoms with Gasteiger partial charge in [0, 0.05) is 12.1 Å². The third-order valence-corrected chi connectivity index (χ3v) is 3.79. The molecule has 0 bridgehead atoms. The minimum absolute atomic E-state index is 0.0507. The van der Waals surface area contributed by atoms with Crippen molar-refractivity contribution < 1.29 is 15.0 Å². The minimum atomic E-state index is -0.285. The molecule has 1 aliphatic carbocycles. The molecule has 4 heteroatoms. The van der Waals surface area contributed by atoms with Gasteiger partial charge in [-0.3, -0.25) is 4.79 Å². The highest BCUT2D eigenvalue weighted by Gasteiger charge is 2.35. The van der Waals surface area contributed by atoms with E-state index < -0.39 is 0 Å². The summed E-state index contributed by atoms with van der Waals surface area (Å²) in [5.74, 6) is -0.527. The third kappa shape index (κ3) is 2.42. The lowest BCUT2D eigenvalue weighted by molar-refractivity contribution is 0.0907. The predicted molar refractivity (Wildman–Crippen MR) is 68.7 cm³/mol. The standard InChI is InChI=1S/C14H19NO3/c1-14(2)7-3-4-12(14)15-13(18)10-6-5-9(16)8-11(10)17/h5-6,8,12,16-17H,3-4,7H2,1-2H3,(H,15,18). The first-order valence-electron chi connectivity index (χ1n) is 6.23. The fraction of sp³-hybridized carbons (Fsp3) is 0.500. The molecule has 1 atom stereocenters. The van der Waals surface area contributed by atoms with E-state index >= 15 is 0 Å². The summed E-state index contributed by atoms with van der Waals surface area (Å²) in [7, 11) is 0. The van der Waals surface area contributed by atoms with Crippen molar-refractivity contribution in [3.8, 4) is 11.5 Å². The molecule has 0 radical (unpaired) electrons. The first kappa shape index (κ1) is 12.7. The lowest BCUT2D eigenvalue weighted by atomic mass is 9.87. The average molecular weight is 249 g/mol. The second-order valence-electron chi connectivity index (χ2n) is 5.61. The number of aromatic hydroxyl groups is 2. The zero-order chi connectivity index (χ0) is 13.3. The van der Waals surface area contributed by atoms with Crippen LogP contribution in [0.4, 0.5) is 0 Å². The van der Waals surface area contributed by atoms with Gasteiger partial charge in [-0.15, -0.1) is 0 Å². The molecule has 1 unspecified atom stereocenters. The quantitative estimate of drug-likeness (QED) is 0.753. The summed E-state index contributed by atoms with van der Waals surface area (Å²) in [5, 5.41) is 21.8. The molecular weight excluding hydrogens is 230 g/mol. The van der Waals surface area contributed by atoms with Crippen LogP contribution in [0.3, 0.4) is 0 Å². The monoisotopic (exact) mass is 249 g/mol. The number of rotatable bonds is 2. The van der Waals surface area contributed by atoms with E-state index in [9.17, 15) is 15.0 Å². The molecular formula is C14H19NO3. The summed E-state index contributed by atoms with van der Waals surface area (Å²) in [6.07, 6.45) is 3.18. The van der Waals surface area contributed by atoms with Crippen LogP contribution < -0.4 is 5.32 Å². The Kier molecular flexibility index (Phi) is 3.20. The average Bonchev–Trinajstić information content (AvgIpc) is 2.58. The van der Waals surface area contributed by atoms with Crippen LogP contribution >= 0.6 is 0 Å². The van der Waals surface area contributed by atoms with Crippen LogP contribution in [0.15, 0.2) is 18.2 Å². The number of carbonyl (C=O) groups excluding carboxylic acids is 1. The molecule has 98 valence electrons. The minimum Gasteiger partial charge on any atom is -0.508 e. The van der Waals surface area contributed by atoms with Crippen LogP contribution in [0.2, 0.25) is 0 Å². The van der Waals surface area contributed by atoms with Gasteiger partial charge in [-0.1, -0.05) is 20.3 Å². The summed E-state index contributed by atoms with van der Waals surface area (Å²) >= 11 is 0. The summed E-state index contributed by atoms with van der Waals surface area (Å²) in [6.45, 7) is 4.28. The number of phenols is 2. The molecule has 2 rings (SSSR count). The van der Waals surface area contributed by atoms with Crippen molar-refractivity contribution in [3.05, 3.63) is 23.8 Å². The molecule has 0 spiro atoms. The van der Waals surface area contributed by atoms with E-state index in [0.717, 1.165) is 19.3 Å². The van der Waals surface area contributed by atoms with Gasteiger partial charge in [0.2, 0.25) is 0 Å². The van der Waals surface area contributed by atoms with Crippen LogP contribution in [0.5, 0.6) is 11.5 Å². The molecule has 1 fully saturated rings. The van der Waals surface area contributed by atoms with Gasteiger partial charge < -0.3 is 15.5 Å². The fourth-order valence-electron chi connectivity index (χ4n) is 2.54. The predicted octanol–water partition coefficient (Wildman–Crippen LogP) is 2.41. The normalized spacial score (nSPS) is 21.8. The molecule has 0 aromatic heterocycles. The highest BCUT2D eigenvalue weighted by Crippen LogP contribution is 2.37. The Balaban J connectivity index is 2.13. The molecule has 1 saturated carbocycles. The number of phenolic OH excluding ortho intramolecular Hbond substituents is 2. The summed E-state index contributed by atoms with van der Waals surface area (Å²) in [5.41, 5.74) is 0.304. The van der Waals surface area contributed by atoms with Crippen LogP contribution in [-0.2, 0) is 0 Å². The SMILES string of the molecule is CC1(C)CCCC1NC(=O)c1ccc(O)cc1O. The molecule has 0 saturated heterocycles. The van der Waals surface area contributed by atoms with Crippen molar-refractivity contribution in [2.45, 2.75) is 39.2 Å². The van der Waals surface area contributed by atoms with Gasteiger partial charge in [0.25, 0.3) is 5.91 Å². The Labute approximate surface area is 107 Å². The smallest absolute Gasteiger partial charge is 0.255 e. The zero-order valence-electron chi connectivity index (χ0n) is 10.7. The van der Waals surface area contributed by atoms with E-state index in [0.29, 0.717) is 0 Å². The summed E-state index contributed by atoms with van der Waals surface area (Å²) < 4.78 is 0. The van der Waals surface area contributed by atoms with Gasteiger partial charge in [-0.05, 0) is 30.4 Å². The van der Waals surface area contributed by atoms with Crippen LogP contribution in [0.1, 0.15) is 43.5 Å². The van der Waals surface area contributed by atoms with E-state index in [2.05, 4.69) is 19.2 Å². The Morgan fingerprint density at radius 1 is 1.39 bits per heavy atom. The van der Waals surface area contributed by atoms with Crippen molar-refractivity contribution in [1.82, 2.24) is 5.32 Å². The van der Waals surface area contributed by atoms with Crippen molar-refractivity contribution in [2.24, 2.45) is 5.41 Å². The Bertz CT molecular complexity index is 468. The van der Waals surface area contributed by atoms with E-state index in [1.165, 1.54) is 18.2 Å². The van der Waals surface area contributed by atoms with E-state index in [1.807, 2.05) is 0 Å². The zero-order valence-corrected chi connectivity index (χ0v) is 10.7. The van der Waals surface area contributed by atoms with Gasteiger partial charge in [0.05, 0.1) is 5.56 Å². The van der Waals surface area contributed by atoms with Crippen LogP contribution in [0, 0.1) is 5.41 Å². The van der Waals surface area contributed by atoms with Gasteiger partial charge in [-0.25, -0.2) is 0 Å². The molecule has 1 aromatic rings. The first-order valence-corrected chi connectivity index (χ1v) is 6.23. The highest BCUT2D eigenvalue weighted by atomic mass is 16.3. The largest absolute Gasteiger partial charge is 0.508 e. The number of hydrogen-bond acceptors (Lipinski definition) is 3. The molecule has 1 aromatic carbocycles. The maximum atomic E-state index is 12.1. The van der Waals surface area contributed by atoms with Crippen molar-refractivity contribution in [2.75, 3.05) is 0 Å². The number of benzene rings is 1. The number of carbonyl (C=O) groups is 1. The second kappa shape index (κ2) is 4.52. The molecule has 0 heterocycles. The molecule has 0 aliphatic heterocycles. The van der Waals surface area contributed by atoms with Crippen LogP contribution in [0.25, 0.3) is 0 Å². The van der Waals surface area contributed by atoms with Crippen molar-refractivity contribution in [1.29, 1.82) is 0 Å². The Morgan fingerprint density at radius 2 is 2.11 bits per heavy atom. The maximum absolute atomic E-state index is 12.1. The van der Waals surface area contributed by atoms with Gasteiger partial charge in [0.1, 0.15) is 11.5 Å². The van der Waals surface area contributed by atoms with Crippen LogP contribution in [-0.4, -0.2) is 22.2 Å². The Hall–Kier alpha value is -1.71. The second-order valence-corrected chi connectivity index (χ2v) is 5.61. The lowest BCUT2D eigenvalue weighted by Crippen LogP contribution is -2.41. The van der Waals surface area contributed by atoms with Crippen molar-refractivity contribution >= 4 is 5.91 Å². The topological polar surface area (TPSA) is 69.6 Å². The molecule has 4 nitrogen and oxygen atoms in total. The van der Waals surface area contributed by atoms with E-state index in [1.54, 1.807) is 0 Å². The van der Waals surface area contributed by atoms with E-state index in [4.69, 9.17) is 0 Å². The van der Waals surface area contributed by atoms with E-state index in [-0.39, 0.29) is 34.4 Å². The van der Waals surface area contributed by atoms with Gasteiger partial charge in [-0.2, -0.15) is 0 Å².